The molecule has 6 heteroatoms. The third-order valence-corrected chi connectivity index (χ3v) is 2.61. The van der Waals surface area contributed by atoms with Crippen LogP contribution in [-0.2, 0) is 12.7 Å². The summed E-state index contributed by atoms with van der Waals surface area (Å²) in [6, 6.07) is 11.2. The minimum absolute atomic E-state index is 0.405. The molecule has 0 unspecified atom stereocenters. The second-order valence-electron chi connectivity index (χ2n) is 4.10. The molecule has 0 spiro atoms. The quantitative estimate of drug-likeness (QED) is 0.932. The van der Waals surface area contributed by atoms with Crippen molar-refractivity contribution in [2.24, 2.45) is 0 Å². The summed E-state index contributed by atoms with van der Waals surface area (Å²) >= 11 is 0. The molecule has 3 nitrogen and oxygen atoms in total. The van der Waals surface area contributed by atoms with Crippen LogP contribution in [-0.4, -0.2) is 4.98 Å². The fourth-order valence-corrected chi connectivity index (χ4v) is 1.62. The fourth-order valence-electron chi connectivity index (χ4n) is 1.62. The van der Waals surface area contributed by atoms with Crippen LogP contribution in [0.4, 0.5) is 18.9 Å². The van der Waals surface area contributed by atoms with E-state index in [1.54, 1.807) is 18.2 Å². The lowest BCUT2D eigenvalue weighted by Crippen LogP contribution is -2.08. The van der Waals surface area contributed by atoms with Gasteiger partial charge in [0.05, 0.1) is 23.5 Å². The number of rotatable bonds is 3. The van der Waals surface area contributed by atoms with E-state index in [1.165, 1.54) is 6.07 Å². The molecule has 102 valence electrons. The fraction of sp³-hybridized carbons (Fsp3) is 0.143. The molecule has 0 aliphatic rings. The van der Waals surface area contributed by atoms with E-state index < -0.39 is 11.9 Å². The van der Waals surface area contributed by atoms with Gasteiger partial charge in [-0.15, -0.1) is 0 Å². The number of pyridine rings is 1. The zero-order chi connectivity index (χ0) is 14.6. The number of nitrogens with zero attached hydrogens (tertiary/aromatic N) is 2. The third-order valence-electron chi connectivity index (χ3n) is 2.61. The van der Waals surface area contributed by atoms with Gasteiger partial charge in [-0.1, -0.05) is 12.1 Å². The molecule has 0 bridgehead atoms. The van der Waals surface area contributed by atoms with Crippen molar-refractivity contribution in [3.8, 4) is 6.07 Å². The normalized spacial score (nSPS) is 10.9. The first-order valence-corrected chi connectivity index (χ1v) is 5.75. The molecular formula is C14H10F3N3. The Kier molecular flexibility index (Phi) is 3.89. The molecule has 2 rings (SSSR count). The zero-order valence-electron chi connectivity index (χ0n) is 10.3. The Labute approximate surface area is 113 Å². The van der Waals surface area contributed by atoms with Crippen molar-refractivity contribution in [2.45, 2.75) is 12.7 Å². The summed E-state index contributed by atoms with van der Waals surface area (Å²) in [5.74, 6) is 0. The number of halogens is 3. The molecule has 0 aliphatic carbocycles. The highest BCUT2D eigenvalue weighted by Gasteiger charge is 2.31. The molecule has 0 aliphatic heterocycles. The molecule has 0 radical (unpaired) electrons. The van der Waals surface area contributed by atoms with Crippen molar-refractivity contribution >= 4 is 5.69 Å². The van der Waals surface area contributed by atoms with Crippen LogP contribution in [0.2, 0.25) is 0 Å². The van der Waals surface area contributed by atoms with Gasteiger partial charge in [0.1, 0.15) is 5.69 Å². The Balaban J connectivity index is 2.02. The Hall–Kier alpha value is -2.55. The smallest absolute Gasteiger partial charge is 0.380 e. The van der Waals surface area contributed by atoms with E-state index in [2.05, 4.69) is 10.3 Å². The van der Waals surface area contributed by atoms with Crippen molar-refractivity contribution < 1.29 is 13.2 Å². The predicted molar refractivity (Wildman–Crippen MR) is 67.7 cm³/mol. The van der Waals surface area contributed by atoms with E-state index in [1.807, 2.05) is 12.1 Å². The molecule has 20 heavy (non-hydrogen) atoms. The van der Waals surface area contributed by atoms with Gasteiger partial charge in [0.15, 0.2) is 0 Å². The van der Waals surface area contributed by atoms with Gasteiger partial charge in [-0.3, -0.25) is 0 Å². The molecule has 0 saturated heterocycles. The van der Waals surface area contributed by atoms with E-state index in [9.17, 15) is 13.2 Å². The molecule has 1 heterocycles. The maximum atomic E-state index is 12.3. The van der Waals surface area contributed by atoms with Gasteiger partial charge in [0.2, 0.25) is 0 Å². The molecule has 1 aromatic carbocycles. The van der Waals surface area contributed by atoms with Crippen molar-refractivity contribution in [3.05, 3.63) is 59.4 Å². The summed E-state index contributed by atoms with van der Waals surface area (Å²) in [5, 5.41) is 11.7. The average molecular weight is 277 g/mol. The van der Waals surface area contributed by atoms with Crippen molar-refractivity contribution in [3.63, 3.8) is 0 Å². The average Bonchev–Trinajstić information content (AvgIpc) is 2.45. The Morgan fingerprint density at radius 1 is 1.20 bits per heavy atom. The van der Waals surface area contributed by atoms with E-state index in [0.717, 1.165) is 17.8 Å². The lowest BCUT2D eigenvalue weighted by molar-refractivity contribution is -0.141. The van der Waals surface area contributed by atoms with Crippen LogP contribution in [0.15, 0.2) is 42.6 Å². The highest BCUT2D eigenvalue weighted by molar-refractivity contribution is 5.43. The number of benzene rings is 1. The summed E-state index contributed by atoms with van der Waals surface area (Å²) in [6.07, 6.45) is -3.30. The van der Waals surface area contributed by atoms with Gasteiger partial charge >= 0.3 is 6.18 Å². The lowest BCUT2D eigenvalue weighted by Gasteiger charge is -2.09. The van der Waals surface area contributed by atoms with Crippen LogP contribution in [0.25, 0.3) is 0 Å². The van der Waals surface area contributed by atoms with Gasteiger partial charge in [-0.2, -0.15) is 18.4 Å². The second kappa shape index (κ2) is 5.61. The highest BCUT2D eigenvalue weighted by atomic mass is 19.4. The minimum Gasteiger partial charge on any atom is -0.380 e. The first-order chi connectivity index (χ1) is 9.49. The van der Waals surface area contributed by atoms with Crippen molar-refractivity contribution in [1.29, 1.82) is 5.26 Å². The minimum atomic E-state index is -4.43. The van der Waals surface area contributed by atoms with Gasteiger partial charge in [0, 0.05) is 6.54 Å². The van der Waals surface area contributed by atoms with Crippen molar-refractivity contribution in [2.75, 3.05) is 5.32 Å². The molecule has 1 aromatic heterocycles. The van der Waals surface area contributed by atoms with Crippen LogP contribution < -0.4 is 5.32 Å². The van der Waals surface area contributed by atoms with E-state index >= 15 is 0 Å². The molecule has 2 aromatic rings. The monoisotopic (exact) mass is 277 g/mol. The number of alkyl halides is 3. The summed E-state index contributed by atoms with van der Waals surface area (Å²) in [4.78, 5) is 3.36. The maximum Gasteiger partial charge on any atom is 0.433 e. The molecule has 1 N–H and O–H groups in total. The maximum absolute atomic E-state index is 12.3. The molecule has 0 saturated carbocycles. The Morgan fingerprint density at radius 2 is 2.00 bits per heavy atom. The zero-order valence-corrected chi connectivity index (χ0v) is 10.3. The second-order valence-corrected chi connectivity index (χ2v) is 4.10. The van der Waals surface area contributed by atoms with Gasteiger partial charge < -0.3 is 5.32 Å². The van der Waals surface area contributed by atoms with Gasteiger partial charge in [-0.05, 0) is 29.8 Å². The standard InChI is InChI=1S/C14H10F3N3/c15-14(16,17)13-5-4-12(9-20-13)19-8-11-3-1-2-10(6-11)7-18/h1-6,9,19H,8H2. The summed E-state index contributed by atoms with van der Waals surface area (Å²) < 4.78 is 37.0. The largest absolute Gasteiger partial charge is 0.433 e. The summed E-state index contributed by atoms with van der Waals surface area (Å²) in [5.41, 5.74) is 0.966. The van der Waals surface area contributed by atoms with E-state index in [4.69, 9.17) is 5.26 Å². The first kappa shape index (κ1) is 13.9. The summed E-state index contributed by atoms with van der Waals surface area (Å²) in [7, 11) is 0. The summed E-state index contributed by atoms with van der Waals surface area (Å²) in [6.45, 7) is 0.405. The van der Waals surface area contributed by atoms with Crippen LogP contribution in [0.5, 0.6) is 0 Å². The number of nitrogens with one attached hydrogen (secondary N) is 1. The van der Waals surface area contributed by atoms with Crippen LogP contribution in [0.1, 0.15) is 16.8 Å². The first-order valence-electron chi connectivity index (χ1n) is 5.75. The predicted octanol–water partition coefficient (Wildman–Crippen LogP) is 3.58. The third kappa shape index (κ3) is 3.48. The van der Waals surface area contributed by atoms with Crippen LogP contribution >= 0.6 is 0 Å². The molecule has 0 atom stereocenters. The number of aromatic nitrogens is 1. The highest BCUT2D eigenvalue weighted by Crippen LogP contribution is 2.27. The van der Waals surface area contributed by atoms with E-state index in [-0.39, 0.29) is 0 Å². The Morgan fingerprint density at radius 3 is 2.60 bits per heavy atom. The SMILES string of the molecule is N#Cc1cccc(CNc2ccc(C(F)(F)F)nc2)c1. The van der Waals surface area contributed by atoms with Gasteiger partial charge in [0.25, 0.3) is 0 Å². The number of nitriles is 1. The number of hydrogen-bond donors (Lipinski definition) is 1. The number of hydrogen-bond acceptors (Lipinski definition) is 3. The topological polar surface area (TPSA) is 48.7 Å². The van der Waals surface area contributed by atoms with Crippen molar-refractivity contribution in [1.82, 2.24) is 4.98 Å². The molecular weight excluding hydrogens is 267 g/mol. The van der Waals surface area contributed by atoms with Crippen LogP contribution in [0, 0.1) is 11.3 Å². The van der Waals surface area contributed by atoms with Gasteiger partial charge in [-0.25, -0.2) is 4.98 Å². The lowest BCUT2D eigenvalue weighted by atomic mass is 10.1. The van der Waals surface area contributed by atoms with E-state index in [0.29, 0.717) is 17.8 Å². The number of anilines is 1. The molecule has 0 amide bonds. The Bertz CT molecular complexity index is 627. The van der Waals surface area contributed by atoms with Crippen LogP contribution in [0.3, 0.4) is 0 Å². The molecule has 0 fully saturated rings.